The van der Waals surface area contributed by atoms with Crippen LogP contribution in [0.25, 0.3) is 11.0 Å². The van der Waals surface area contributed by atoms with Crippen molar-refractivity contribution in [3.05, 3.63) is 58.9 Å². The Kier molecular flexibility index (Phi) is 3.26. The van der Waals surface area contributed by atoms with Crippen molar-refractivity contribution in [2.45, 2.75) is 18.7 Å². The van der Waals surface area contributed by atoms with E-state index < -0.39 is 10.0 Å². The fourth-order valence-electron chi connectivity index (χ4n) is 2.38. The summed E-state index contributed by atoms with van der Waals surface area (Å²) >= 11 is 5.83. The molecule has 0 amide bonds. The van der Waals surface area contributed by atoms with Gasteiger partial charge in [0.1, 0.15) is 5.15 Å². The number of nitrogens with zero attached hydrogens (tertiary/aromatic N) is 2. The fraction of sp³-hybridized carbons (Fsp3) is 0.133. The van der Waals surface area contributed by atoms with E-state index in [2.05, 4.69) is 4.98 Å². The highest BCUT2D eigenvalue weighted by Gasteiger charge is 2.19. The molecular formula is C15H13ClN2O2S. The highest BCUT2D eigenvalue weighted by atomic mass is 35.5. The number of rotatable bonds is 2. The number of fused-ring (bicyclic) bond motifs is 1. The van der Waals surface area contributed by atoms with Gasteiger partial charge >= 0.3 is 0 Å². The molecule has 1 aromatic carbocycles. The van der Waals surface area contributed by atoms with Crippen molar-refractivity contribution in [2.24, 2.45) is 0 Å². The minimum Gasteiger partial charge on any atom is -0.240 e. The van der Waals surface area contributed by atoms with E-state index in [9.17, 15) is 8.42 Å². The minimum atomic E-state index is -3.65. The fourth-order valence-corrected chi connectivity index (χ4v) is 4.06. The van der Waals surface area contributed by atoms with E-state index in [1.165, 1.54) is 10.2 Å². The molecule has 3 aromatic rings. The van der Waals surface area contributed by atoms with Crippen LogP contribution >= 0.6 is 11.6 Å². The summed E-state index contributed by atoms with van der Waals surface area (Å²) in [7, 11) is -3.65. The van der Waals surface area contributed by atoms with Crippen molar-refractivity contribution in [3.8, 4) is 0 Å². The summed E-state index contributed by atoms with van der Waals surface area (Å²) in [5.74, 6) is 0. The van der Waals surface area contributed by atoms with Gasteiger partial charge in [-0.15, -0.1) is 0 Å². The normalized spacial score (nSPS) is 12.0. The second kappa shape index (κ2) is 4.86. The predicted octanol–water partition coefficient (Wildman–Crippen LogP) is 3.54. The largest absolute Gasteiger partial charge is 0.268 e. The van der Waals surface area contributed by atoms with Crippen molar-refractivity contribution in [2.75, 3.05) is 0 Å². The van der Waals surface area contributed by atoms with Crippen molar-refractivity contribution >= 4 is 32.7 Å². The molecule has 2 aromatic heterocycles. The number of halogens is 1. The maximum absolute atomic E-state index is 12.8. The molecule has 0 aliphatic carbocycles. The van der Waals surface area contributed by atoms with Gasteiger partial charge in [-0.25, -0.2) is 17.4 Å². The van der Waals surface area contributed by atoms with Gasteiger partial charge in [0, 0.05) is 6.20 Å². The molecule has 0 fully saturated rings. The van der Waals surface area contributed by atoms with Crippen molar-refractivity contribution < 1.29 is 8.42 Å². The molecule has 0 spiro atoms. The van der Waals surface area contributed by atoms with Gasteiger partial charge < -0.3 is 0 Å². The van der Waals surface area contributed by atoms with Crippen LogP contribution in [0.4, 0.5) is 0 Å². The van der Waals surface area contributed by atoms with Crippen LogP contribution in [0.15, 0.2) is 47.5 Å². The number of hydrogen-bond acceptors (Lipinski definition) is 3. The van der Waals surface area contributed by atoms with Crippen LogP contribution in [0, 0.1) is 13.8 Å². The first-order valence-electron chi connectivity index (χ1n) is 6.35. The van der Waals surface area contributed by atoms with Crippen LogP contribution < -0.4 is 0 Å². The first kappa shape index (κ1) is 14.1. The molecule has 108 valence electrons. The lowest BCUT2D eigenvalue weighted by molar-refractivity contribution is 0.589. The molecule has 0 aliphatic rings. The molecule has 0 N–H and O–H groups in total. The Morgan fingerprint density at radius 2 is 1.71 bits per heavy atom. The quantitative estimate of drug-likeness (QED) is 0.679. The average Bonchev–Trinajstić information content (AvgIpc) is 2.81. The summed E-state index contributed by atoms with van der Waals surface area (Å²) in [5.41, 5.74) is 2.88. The van der Waals surface area contributed by atoms with Gasteiger partial charge in [0.25, 0.3) is 10.0 Å². The smallest absolute Gasteiger partial charge is 0.240 e. The molecule has 0 aliphatic heterocycles. The van der Waals surface area contributed by atoms with Gasteiger partial charge in [-0.1, -0.05) is 17.7 Å². The van der Waals surface area contributed by atoms with E-state index in [4.69, 9.17) is 11.6 Å². The first-order chi connectivity index (χ1) is 9.88. The second-order valence-corrected chi connectivity index (χ2v) is 7.18. The molecule has 0 saturated carbocycles. The Balaban J connectivity index is 2.25. The van der Waals surface area contributed by atoms with Gasteiger partial charge in [0.05, 0.1) is 15.9 Å². The zero-order valence-corrected chi connectivity index (χ0v) is 13.1. The van der Waals surface area contributed by atoms with Crippen LogP contribution in [0.1, 0.15) is 11.1 Å². The number of aryl methyl sites for hydroxylation is 2. The van der Waals surface area contributed by atoms with Gasteiger partial charge in [-0.2, -0.15) is 0 Å². The van der Waals surface area contributed by atoms with Gasteiger partial charge in [0.2, 0.25) is 0 Å². The van der Waals surface area contributed by atoms with Crippen molar-refractivity contribution in [1.82, 2.24) is 8.96 Å². The van der Waals surface area contributed by atoms with Gasteiger partial charge in [0.15, 0.2) is 0 Å². The second-order valence-electron chi connectivity index (χ2n) is 4.98. The van der Waals surface area contributed by atoms with E-state index in [1.54, 1.807) is 30.3 Å². The molecule has 0 unspecified atom stereocenters. The van der Waals surface area contributed by atoms with E-state index in [1.807, 2.05) is 19.9 Å². The van der Waals surface area contributed by atoms with Gasteiger partial charge in [-0.3, -0.25) is 0 Å². The SMILES string of the molecule is Cc1cc(C)cc(S(=O)(=O)n2ccc3nc(Cl)ccc32)c1. The average molecular weight is 321 g/mol. The van der Waals surface area contributed by atoms with Crippen LogP contribution in [0.5, 0.6) is 0 Å². The lowest BCUT2D eigenvalue weighted by atomic mass is 10.2. The number of pyridine rings is 1. The Morgan fingerprint density at radius 3 is 2.38 bits per heavy atom. The highest BCUT2D eigenvalue weighted by Crippen LogP contribution is 2.23. The summed E-state index contributed by atoms with van der Waals surface area (Å²) in [6, 6.07) is 10.1. The highest BCUT2D eigenvalue weighted by molar-refractivity contribution is 7.90. The minimum absolute atomic E-state index is 0.271. The first-order valence-corrected chi connectivity index (χ1v) is 8.17. The number of hydrogen-bond donors (Lipinski definition) is 0. The molecule has 0 atom stereocenters. The molecule has 4 nitrogen and oxygen atoms in total. The van der Waals surface area contributed by atoms with Crippen LogP contribution in [0.3, 0.4) is 0 Å². The lowest BCUT2D eigenvalue weighted by Gasteiger charge is -2.09. The number of aromatic nitrogens is 2. The van der Waals surface area contributed by atoms with Gasteiger partial charge in [-0.05, 0) is 55.3 Å². The summed E-state index contributed by atoms with van der Waals surface area (Å²) in [4.78, 5) is 4.39. The third-order valence-electron chi connectivity index (χ3n) is 3.23. The zero-order valence-electron chi connectivity index (χ0n) is 11.5. The topological polar surface area (TPSA) is 52.0 Å². The third-order valence-corrected chi connectivity index (χ3v) is 5.10. The Hall–Kier alpha value is -1.85. The molecular weight excluding hydrogens is 308 g/mol. The zero-order chi connectivity index (χ0) is 15.2. The van der Waals surface area contributed by atoms with E-state index in [-0.39, 0.29) is 4.90 Å². The lowest BCUT2D eigenvalue weighted by Crippen LogP contribution is -2.12. The van der Waals surface area contributed by atoms with Crippen LogP contribution in [-0.2, 0) is 10.0 Å². The third kappa shape index (κ3) is 2.43. The Morgan fingerprint density at radius 1 is 1.05 bits per heavy atom. The van der Waals surface area contributed by atoms with Crippen LogP contribution in [-0.4, -0.2) is 17.4 Å². The summed E-state index contributed by atoms with van der Waals surface area (Å²) < 4.78 is 26.8. The van der Waals surface area contributed by atoms with Crippen LogP contribution in [0.2, 0.25) is 5.15 Å². The molecule has 0 bridgehead atoms. The van der Waals surface area contributed by atoms with Crippen molar-refractivity contribution in [1.29, 1.82) is 0 Å². The maximum Gasteiger partial charge on any atom is 0.268 e. The standard InChI is InChI=1S/C15H13ClN2O2S/c1-10-7-11(2)9-12(8-10)21(19,20)18-6-5-13-14(18)3-4-15(16)17-13/h3-9H,1-2H3. The molecule has 0 saturated heterocycles. The molecule has 0 radical (unpaired) electrons. The van der Waals surface area contributed by atoms with E-state index >= 15 is 0 Å². The van der Waals surface area contributed by atoms with E-state index in [0.717, 1.165) is 11.1 Å². The summed E-state index contributed by atoms with van der Waals surface area (Å²) in [6.07, 6.45) is 1.50. The molecule has 2 heterocycles. The number of benzene rings is 1. The Bertz CT molecular complexity index is 925. The molecule has 6 heteroatoms. The summed E-state index contributed by atoms with van der Waals surface area (Å²) in [6.45, 7) is 3.75. The predicted molar refractivity (Wildman–Crippen MR) is 83.2 cm³/mol. The maximum atomic E-state index is 12.8. The van der Waals surface area contributed by atoms with Crippen molar-refractivity contribution in [3.63, 3.8) is 0 Å². The van der Waals surface area contributed by atoms with E-state index in [0.29, 0.717) is 16.2 Å². The molecule has 21 heavy (non-hydrogen) atoms. The monoisotopic (exact) mass is 320 g/mol. The molecule has 3 rings (SSSR count). The summed E-state index contributed by atoms with van der Waals surface area (Å²) in [5, 5.41) is 0.337. The Labute approximate surface area is 128 Å².